The Morgan fingerprint density at radius 3 is 2.25 bits per heavy atom. The molecule has 0 bridgehead atoms. The van der Waals surface area contributed by atoms with E-state index in [0.29, 0.717) is 5.69 Å². The fraction of sp³-hybridized carbons (Fsp3) is 0.118. The third kappa shape index (κ3) is 6.24. The van der Waals surface area contributed by atoms with Gasteiger partial charge < -0.3 is 15.4 Å². The molecule has 0 atom stereocenters. The maximum absolute atomic E-state index is 12.2. The van der Waals surface area contributed by atoms with Crippen molar-refractivity contribution < 1.29 is 32.3 Å². The molecular formula is C17H11BrClF3N2O4. The summed E-state index contributed by atoms with van der Waals surface area (Å²) in [6.45, 7) is -0.599. The predicted molar refractivity (Wildman–Crippen MR) is 99.2 cm³/mol. The van der Waals surface area contributed by atoms with Crippen LogP contribution in [0.4, 0.5) is 24.5 Å². The second-order valence-corrected chi connectivity index (χ2v) is 6.60. The summed E-state index contributed by atoms with van der Waals surface area (Å²) in [5.41, 5.74) is 0.164. The molecule has 11 heteroatoms. The number of carbonyl (C=O) groups is 3. The van der Waals surface area contributed by atoms with Crippen LogP contribution < -0.4 is 10.6 Å². The lowest BCUT2D eigenvalue weighted by atomic mass is 10.2. The number of halogens is 5. The van der Waals surface area contributed by atoms with Crippen molar-refractivity contribution in [1.29, 1.82) is 0 Å². The van der Waals surface area contributed by atoms with Gasteiger partial charge in [0.25, 0.3) is 5.91 Å². The summed E-state index contributed by atoms with van der Waals surface area (Å²) in [6.07, 6.45) is -5.03. The van der Waals surface area contributed by atoms with Crippen molar-refractivity contribution in [3.05, 3.63) is 57.5 Å². The third-order valence-electron chi connectivity index (χ3n) is 3.18. The highest BCUT2D eigenvalue weighted by molar-refractivity contribution is 9.10. The highest BCUT2D eigenvalue weighted by Gasteiger charge is 2.38. The van der Waals surface area contributed by atoms with Crippen molar-refractivity contribution >= 4 is 56.7 Å². The summed E-state index contributed by atoms with van der Waals surface area (Å²) >= 11 is 9.18. The molecule has 2 rings (SSSR count). The molecule has 0 heterocycles. The Morgan fingerprint density at radius 1 is 1.04 bits per heavy atom. The Morgan fingerprint density at radius 2 is 1.68 bits per heavy atom. The standard InChI is InChI=1S/C17H11BrClF3N2O4/c18-10-3-6-13(12(19)7-10)24-14(25)8-28-15(26)9-1-4-11(5-2-9)23-16(27)17(20,21)22/h1-7H,8H2,(H,23,27)(H,24,25). The smallest absolute Gasteiger partial charge is 0.452 e. The van der Waals surface area contributed by atoms with Crippen LogP contribution in [0.2, 0.25) is 5.02 Å². The molecule has 0 fully saturated rings. The van der Waals surface area contributed by atoms with E-state index in [9.17, 15) is 27.6 Å². The van der Waals surface area contributed by atoms with Gasteiger partial charge in [-0.1, -0.05) is 27.5 Å². The Labute approximate surface area is 170 Å². The van der Waals surface area contributed by atoms with Gasteiger partial charge in [0.2, 0.25) is 0 Å². The minimum Gasteiger partial charge on any atom is -0.452 e. The van der Waals surface area contributed by atoms with Crippen LogP contribution in [0.3, 0.4) is 0 Å². The van der Waals surface area contributed by atoms with Gasteiger partial charge in [0.1, 0.15) is 0 Å². The van der Waals surface area contributed by atoms with E-state index in [0.717, 1.165) is 28.7 Å². The van der Waals surface area contributed by atoms with Crippen LogP contribution in [0, 0.1) is 0 Å². The molecule has 0 saturated carbocycles. The van der Waals surface area contributed by atoms with Crippen LogP contribution in [0.25, 0.3) is 0 Å². The first-order valence-corrected chi connectivity index (χ1v) is 8.63. The lowest BCUT2D eigenvalue weighted by Gasteiger charge is -2.09. The first-order valence-electron chi connectivity index (χ1n) is 7.46. The van der Waals surface area contributed by atoms with Gasteiger partial charge in [-0.25, -0.2) is 4.79 Å². The fourth-order valence-electron chi connectivity index (χ4n) is 1.88. The molecule has 28 heavy (non-hydrogen) atoms. The quantitative estimate of drug-likeness (QED) is 0.623. The normalized spacial score (nSPS) is 10.9. The zero-order valence-corrected chi connectivity index (χ0v) is 16.1. The van der Waals surface area contributed by atoms with Gasteiger partial charge in [0.15, 0.2) is 6.61 Å². The molecule has 0 radical (unpaired) electrons. The number of ether oxygens (including phenoxy) is 1. The molecule has 6 nitrogen and oxygen atoms in total. The van der Waals surface area contributed by atoms with E-state index in [4.69, 9.17) is 16.3 Å². The predicted octanol–water partition coefficient (Wildman–Crippen LogP) is 4.40. The maximum atomic E-state index is 12.2. The van der Waals surface area contributed by atoms with Crippen LogP contribution >= 0.6 is 27.5 Å². The Kier molecular flexibility index (Phi) is 7.03. The van der Waals surface area contributed by atoms with Gasteiger partial charge >= 0.3 is 18.1 Å². The largest absolute Gasteiger partial charge is 0.471 e. The lowest BCUT2D eigenvalue weighted by Crippen LogP contribution is -2.29. The molecule has 148 valence electrons. The number of benzene rings is 2. The summed E-state index contributed by atoms with van der Waals surface area (Å²) in [7, 11) is 0. The minimum absolute atomic E-state index is 0.0144. The van der Waals surface area contributed by atoms with Gasteiger partial charge in [0, 0.05) is 10.2 Å². The van der Waals surface area contributed by atoms with E-state index in [-0.39, 0.29) is 16.3 Å². The summed E-state index contributed by atoms with van der Waals surface area (Å²) < 4.78 is 42.1. The average molecular weight is 480 g/mol. The summed E-state index contributed by atoms with van der Waals surface area (Å²) in [5.74, 6) is -3.64. The van der Waals surface area contributed by atoms with Gasteiger partial charge in [-0.05, 0) is 42.5 Å². The third-order valence-corrected chi connectivity index (χ3v) is 3.98. The topological polar surface area (TPSA) is 84.5 Å². The zero-order valence-electron chi connectivity index (χ0n) is 13.8. The monoisotopic (exact) mass is 478 g/mol. The Balaban J connectivity index is 1.88. The molecule has 0 aliphatic heterocycles. The van der Waals surface area contributed by atoms with E-state index in [1.54, 1.807) is 23.5 Å². The molecule has 0 aliphatic carbocycles. The van der Waals surface area contributed by atoms with Crippen LogP contribution in [0.5, 0.6) is 0 Å². The van der Waals surface area contributed by atoms with E-state index in [1.807, 2.05) is 0 Å². The van der Waals surface area contributed by atoms with Crippen LogP contribution in [-0.4, -0.2) is 30.6 Å². The molecular weight excluding hydrogens is 469 g/mol. The minimum atomic E-state index is -5.03. The second-order valence-electron chi connectivity index (χ2n) is 5.28. The SMILES string of the molecule is O=C(COC(=O)c1ccc(NC(=O)C(F)(F)F)cc1)Nc1ccc(Br)cc1Cl. The molecule has 2 aromatic rings. The maximum Gasteiger partial charge on any atom is 0.471 e. The number of amides is 2. The average Bonchev–Trinajstić information content (AvgIpc) is 2.62. The number of esters is 1. The Hall–Kier alpha value is -2.59. The number of rotatable bonds is 5. The number of hydrogen-bond acceptors (Lipinski definition) is 4. The fourth-order valence-corrected chi connectivity index (χ4v) is 2.60. The zero-order chi connectivity index (χ0) is 20.9. The van der Waals surface area contributed by atoms with Gasteiger partial charge in [-0.2, -0.15) is 13.2 Å². The van der Waals surface area contributed by atoms with Crippen LogP contribution in [0.15, 0.2) is 46.9 Å². The van der Waals surface area contributed by atoms with Crippen molar-refractivity contribution in [2.24, 2.45) is 0 Å². The highest BCUT2D eigenvalue weighted by atomic mass is 79.9. The van der Waals surface area contributed by atoms with E-state index in [2.05, 4.69) is 21.2 Å². The van der Waals surface area contributed by atoms with E-state index in [1.165, 1.54) is 0 Å². The number of alkyl halides is 3. The van der Waals surface area contributed by atoms with Crippen molar-refractivity contribution in [1.82, 2.24) is 0 Å². The molecule has 0 spiro atoms. The van der Waals surface area contributed by atoms with E-state index < -0.39 is 30.6 Å². The molecule has 0 unspecified atom stereocenters. The Bertz CT molecular complexity index is 904. The number of hydrogen-bond donors (Lipinski definition) is 2. The summed E-state index contributed by atoms with van der Waals surface area (Å²) in [5, 5.41) is 4.39. The number of nitrogens with one attached hydrogen (secondary N) is 2. The molecule has 2 amide bonds. The second kappa shape index (κ2) is 9.07. The molecule has 2 aromatic carbocycles. The molecule has 0 aliphatic rings. The van der Waals surface area contributed by atoms with Crippen molar-refractivity contribution in [3.8, 4) is 0 Å². The van der Waals surface area contributed by atoms with Crippen LogP contribution in [0.1, 0.15) is 10.4 Å². The molecule has 0 aromatic heterocycles. The summed E-state index contributed by atoms with van der Waals surface area (Å²) in [6, 6.07) is 9.29. The lowest BCUT2D eigenvalue weighted by molar-refractivity contribution is -0.167. The van der Waals surface area contributed by atoms with Gasteiger partial charge in [0.05, 0.1) is 16.3 Å². The van der Waals surface area contributed by atoms with Crippen molar-refractivity contribution in [3.63, 3.8) is 0 Å². The first-order chi connectivity index (χ1) is 13.1. The van der Waals surface area contributed by atoms with Crippen molar-refractivity contribution in [2.45, 2.75) is 6.18 Å². The highest BCUT2D eigenvalue weighted by Crippen LogP contribution is 2.25. The van der Waals surface area contributed by atoms with E-state index >= 15 is 0 Å². The summed E-state index contributed by atoms with van der Waals surface area (Å²) in [4.78, 5) is 34.6. The molecule has 0 saturated heterocycles. The van der Waals surface area contributed by atoms with Gasteiger partial charge in [-0.3, -0.25) is 9.59 Å². The van der Waals surface area contributed by atoms with Crippen molar-refractivity contribution in [2.75, 3.05) is 17.2 Å². The number of anilines is 2. The van der Waals surface area contributed by atoms with Crippen LogP contribution in [-0.2, 0) is 14.3 Å². The van der Waals surface area contributed by atoms with Gasteiger partial charge in [-0.15, -0.1) is 0 Å². The number of carbonyl (C=O) groups excluding carboxylic acids is 3. The first kappa shape index (κ1) is 21.7. The molecule has 2 N–H and O–H groups in total.